The second-order valence-electron chi connectivity index (χ2n) is 6.36. The standard InChI is InChI=1S/C17H24N2O/c1-12(2)19(11-13-7-8-13)17(20)16-15-6-4-3-5-14(15)9-10-18-16/h3-6,12-13,16,18H,7-11H2,1-2H3. The first-order valence-electron chi connectivity index (χ1n) is 7.78. The van der Waals surface area contributed by atoms with Crippen molar-refractivity contribution in [1.82, 2.24) is 10.2 Å². The van der Waals surface area contributed by atoms with Crippen LogP contribution < -0.4 is 5.32 Å². The van der Waals surface area contributed by atoms with E-state index in [1.807, 2.05) is 6.07 Å². The van der Waals surface area contributed by atoms with Crippen LogP contribution in [0.4, 0.5) is 0 Å². The van der Waals surface area contributed by atoms with Crippen LogP contribution in [0.15, 0.2) is 24.3 Å². The molecule has 1 heterocycles. The second-order valence-corrected chi connectivity index (χ2v) is 6.36. The molecule has 0 spiro atoms. The fourth-order valence-corrected chi connectivity index (χ4v) is 3.02. The van der Waals surface area contributed by atoms with Gasteiger partial charge in [0, 0.05) is 19.1 Å². The first-order chi connectivity index (χ1) is 9.66. The average Bonchev–Trinajstić information content (AvgIpc) is 3.27. The summed E-state index contributed by atoms with van der Waals surface area (Å²) in [6.07, 6.45) is 3.58. The summed E-state index contributed by atoms with van der Waals surface area (Å²) in [5.74, 6) is 0.985. The van der Waals surface area contributed by atoms with E-state index >= 15 is 0 Å². The minimum atomic E-state index is -0.152. The first kappa shape index (κ1) is 13.6. The van der Waals surface area contributed by atoms with Crippen LogP contribution >= 0.6 is 0 Å². The molecule has 1 N–H and O–H groups in total. The van der Waals surface area contributed by atoms with Crippen LogP contribution in [0.1, 0.15) is 43.9 Å². The number of nitrogens with one attached hydrogen (secondary N) is 1. The molecule has 20 heavy (non-hydrogen) atoms. The lowest BCUT2D eigenvalue weighted by Gasteiger charge is -2.34. The molecule has 3 heteroatoms. The third-order valence-electron chi connectivity index (χ3n) is 4.41. The number of fused-ring (bicyclic) bond motifs is 1. The molecule has 1 aliphatic carbocycles. The third kappa shape index (κ3) is 2.73. The monoisotopic (exact) mass is 272 g/mol. The second kappa shape index (κ2) is 5.57. The molecule has 1 unspecified atom stereocenters. The molecule has 1 amide bonds. The highest BCUT2D eigenvalue weighted by molar-refractivity contribution is 5.84. The smallest absolute Gasteiger partial charge is 0.244 e. The van der Waals surface area contributed by atoms with Crippen LogP contribution in [0.25, 0.3) is 0 Å². The van der Waals surface area contributed by atoms with Crippen molar-refractivity contribution < 1.29 is 4.79 Å². The molecule has 1 aromatic rings. The minimum Gasteiger partial charge on any atom is -0.338 e. The predicted octanol–water partition coefficient (Wildman–Crippen LogP) is 2.52. The van der Waals surface area contributed by atoms with Crippen molar-refractivity contribution in [3.05, 3.63) is 35.4 Å². The molecule has 1 aliphatic heterocycles. The molecule has 0 aromatic heterocycles. The van der Waals surface area contributed by atoms with Crippen molar-refractivity contribution in [2.24, 2.45) is 5.92 Å². The van der Waals surface area contributed by atoms with Gasteiger partial charge in [0.25, 0.3) is 0 Å². The highest BCUT2D eigenvalue weighted by atomic mass is 16.2. The number of carbonyl (C=O) groups excluding carboxylic acids is 1. The lowest BCUT2D eigenvalue weighted by atomic mass is 9.93. The van der Waals surface area contributed by atoms with Gasteiger partial charge in [0.1, 0.15) is 6.04 Å². The van der Waals surface area contributed by atoms with E-state index in [0.717, 1.165) is 25.4 Å². The maximum Gasteiger partial charge on any atom is 0.244 e. The van der Waals surface area contributed by atoms with Gasteiger partial charge in [-0.15, -0.1) is 0 Å². The topological polar surface area (TPSA) is 32.3 Å². The molecule has 108 valence electrons. The molecule has 3 rings (SSSR count). The summed E-state index contributed by atoms with van der Waals surface area (Å²) < 4.78 is 0. The number of carbonyl (C=O) groups is 1. The minimum absolute atomic E-state index is 0.152. The van der Waals surface area contributed by atoms with Crippen LogP contribution in [-0.4, -0.2) is 29.9 Å². The van der Waals surface area contributed by atoms with E-state index in [0.29, 0.717) is 0 Å². The molecule has 1 fully saturated rings. The van der Waals surface area contributed by atoms with Crippen molar-refractivity contribution in [2.45, 2.75) is 45.2 Å². The van der Waals surface area contributed by atoms with E-state index in [1.165, 1.54) is 24.0 Å². The van der Waals surface area contributed by atoms with Gasteiger partial charge in [-0.1, -0.05) is 24.3 Å². The van der Waals surface area contributed by atoms with Crippen LogP contribution in [0, 0.1) is 5.92 Å². The maximum atomic E-state index is 12.9. The zero-order valence-corrected chi connectivity index (χ0v) is 12.4. The van der Waals surface area contributed by atoms with Gasteiger partial charge in [-0.25, -0.2) is 0 Å². The number of nitrogens with zero attached hydrogens (tertiary/aromatic N) is 1. The van der Waals surface area contributed by atoms with E-state index in [2.05, 4.69) is 42.3 Å². The predicted molar refractivity (Wildman–Crippen MR) is 80.5 cm³/mol. The Morgan fingerprint density at radius 1 is 1.35 bits per heavy atom. The van der Waals surface area contributed by atoms with Crippen molar-refractivity contribution in [2.75, 3.05) is 13.1 Å². The van der Waals surface area contributed by atoms with Crippen molar-refractivity contribution >= 4 is 5.91 Å². The summed E-state index contributed by atoms with van der Waals surface area (Å²) in [6.45, 7) is 6.06. The lowest BCUT2D eigenvalue weighted by Crippen LogP contribution is -2.47. The molecule has 0 saturated heterocycles. The van der Waals surface area contributed by atoms with E-state index in [1.54, 1.807) is 0 Å². The SMILES string of the molecule is CC(C)N(CC1CC1)C(=O)C1NCCc2ccccc21. The zero-order chi connectivity index (χ0) is 14.1. The quantitative estimate of drug-likeness (QED) is 0.913. The lowest BCUT2D eigenvalue weighted by molar-refractivity contribution is -0.135. The summed E-state index contributed by atoms with van der Waals surface area (Å²) in [4.78, 5) is 15.0. The summed E-state index contributed by atoms with van der Waals surface area (Å²) in [5, 5.41) is 3.41. The first-order valence-corrected chi connectivity index (χ1v) is 7.78. The van der Waals surface area contributed by atoms with Gasteiger partial charge in [0.05, 0.1) is 0 Å². The molecule has 3 nitrogen and oxygen atoms in total. The van der Waals surface area contributed by atoms with Gasteiger partial charge in [0.15, 0.2) is 0 Å². The molecule has 1 atom stereocenters. The van der Waals surface area contributed by atoms with Crippen molar-refractivity contribution in [3.63, 3.8) is 0 Å². The van der Waals surface area contributed by atoms with Gasteiger partial charge in [0.2, 0.25) is 5.91 Å². The number of rotatable bonds is 4. The normalized spacial score (nSPS) is 21.6. The van der Waals surface area contributed by atoms with Gasteiger partial charge in [-0.3, -0.25) is 4.79 Å². The van der Waals surface area contributed by atoms with Crippen LogP contribution in [0.3, 0.4) is 0 Å². The Labute approximate surface area is 121 Å². The van der Waals surface area contributed by atoms with E-state index < -0.39 is 0 Å². The Morgan fingerprint density at radius 2 is 2.10 bits per heavy atom. The van der Waals surface area contributed by atoms with E-state index in [9.17, 15) is 4.79 Å². The highest BCUT2D eigenvalue weighted by Crippen LogP contribution is 2.32. The molecular weight excluding hydrogens is 248 g/mol. The molecule has 1 aromatic carbocycles. The van der Waals surface area contributed by atoms with Crippen LogP contribution in [-0.2, 0) is 11.2 Å². The van der Waals surface area contributed by atoms with E-state index in [4.69, 9.17) is 0 Å². The fraction of sp³-hybridized carbons (Fsp3) is 0.588. The third-order valence-corrected chi connectivity index (χ3v) is 4.41. The molecule has 0 bridgehead atoms. The van der Waals surface area contributed by atoms with Crippen LogP contribution in [0.5, 0.6) is 0 Å². The largest absolute Gasteiger partial charge is 0.338 e. The van der Waals surface area contributed by atoms with Crippen molar-refractivity contribution in [3.8, 4) is 0 Å². The Hall–Kier alpha value is -1.35. The number of hydrogen-bond acceptors (Lipinski definition) is 2. The Kier molecular flexibility index (Phi) is 3.79. The number of hydrogen-bond donors (Lipinski definition) is 1. The summed E-state index contributed by atoms with van der Waals surface area (Å²) in [7, 11) is 0. The summed E-state index contributed by atoms with van der Waals surface area (Å²) in [6, 6.07) is 8.47. The molecular formula is C17H24N2O. The zero-order valence-electron chi connectivity index (χ0n) is 12.4. The average molecular weight is 272 g/mol. The molecule has 2 aliphatic rings. The molecule has 0 radical (unpaired) electrons. The van der Waals surface area contributed by atoms with Crippen molar-refractivity contribution in [1.29, 1.82) is 0 Å². The van der Waals surface area contributed by atoms with Gasteiger partial charge in [-0.05, 0) is 50.2 Å². The maximum absolute atomic E-state index is 12.9. The van der Waals surface area contributed by atoms with Gasteiger partial charge < -0.3 is 10.2 Å². The fourth-order valence-electron chi connectivity index (χ4n) is 3.02. The summed E-state index contributed by atoms with van der Waals surface area (Å²) in [5.41, 5.74) is 2.49. The Bertz CT molecular complexity index is 494. The van der Waals surface area contributed by atoms with Gasteiger partial charge >= 0.3 is 0 Å². The Balaban J connectivity index is 1.82. The van der Waals surface area contributed by atoms with Gasteiger partial charge in [-0.2, -0.15) is 0 Å². The highest BCUT2D eigenvalue weighted by Gasteiger charge is 2.34. The van der Waals surface area contributed by atoms with E-state index in [-0.39, 0.29) is 18.0 Å². The Morgan fingerprint density at radius 3 is 2.80 bits per heavy atom. The molecule has 1 saturated carbocycles. The summed E-state index contributed by atoms with van der Waals surface area (Å²) >= 11 is 0. The number of benzene rings is 1. The number of amides is 1. The van der Waals surface area contributed by atoms with Crippen LogP contribution in [0.2, 0.25) is 0 Å².